The molecular weight excluding hydrogens is 292 g/mol. The van der Waals surface area contributed by atoms with Crippen LogP contribution in [0.3, 0.4) is 0 Å². The fourth-order valence-corrected chi connectivity index (χ4v) is 2.94. The van der Waals surface area contributed by atoms with E-state index in [9.17, 15) is 0 Å². The smallest absolute Gasteiger partial charge is 0.144 e. The van der Waals surface area contributed by atoms with Gasteiger partial charge in [-0.25, -0.2) is 0 Å². The van der Waals surface area contributed by atoms with Crippen LogP contribution in [0, 0.1) is 0 Å². The second kappa shape index (κ2) is 6.86. The highest BCUT2D eigenvalue weighted by Gasteiger charge is 2.11. The van der Waals surface area contributed by atoms with Crippen LogP contribution in [0.5, 0.6) is 5.75 Å². The normalized spacial score (nSPS) is 12.2. The van der Waals surface area contributed by atoms with Crippen LogP contribution in [0.1, 0.15) is 31.2 Å². The van der Waals surface area contributed by atoms with Gasteiger partial charge in [0.05, 0.1) is 28.4 Å². The number of halogens is 1. The summed E-state index contributed by atoms with van der Waals surface area (Å²) in [4.78, 5) is 1.18. The molecular formula is C15H19ClN2OS. The van der Waals surface area contributed by atoms with Gasteiger partial charge in [0.1, 0.15) is 5.75 Å². The number of nitrogens with two attached hydrogens (primary N) is 1. The molecule has 2 rings (SSSR count). The summed E-state index contributed by atoms with van der Waals surface area (Å²) in [6, 6.07) is 9.87. The van der Waals surface area contributed by atoms with Crippen LogP contribution in [0.4, 0.5) is 11.4 Å². The maximum absolute atomic E-state index is 6.15. The van der Waals surface area contributed by atoms with Crippen molar-refractivity contribution in [3.63, 3.8) is 0 Å². The van der Waals surface area contributed by atoms with E-state index in [0.29, 0.717) is 12.3 Å². The number of benzene rings is 1. The maximum Gasteiger partial charge on any atom is 0.144 e. The number of rotatable bonds is 6. The van der Waals surface area contributed by atoms with Gasteiger partial charge in [0.2, 0.25) is 0 Å². The molecule has 0 saturated carbocycles. The van der Waals surface area contributed by atoms with Crippen molar-refractivity contribution in [1.82, 2.24) is 0 Å². The summed E-state index contributed by atoms with van der Waals surface area (Å²) in [5.41, 5.74) is 7.68. The van der Waals surface area contributed by atoms with Crippen LogP contribution in [0.2, 0.25) is 4.34 Å². The molecule has 0 fully saturated rings. The predicted octanol–water partition coefficient (Wildman–Crippen LogP) is 4.95. The molecule has 0 radical (unpaired) electrons. The number of nitrogens with one attached hydrogen (secondary N) is 1. The molecule has 0 amide bonds. The van der Waals surface area contributed by atoms with Gasteiger partial charge in [-0.1, -0.05) is 24.6 Å². The Labute approximate surface area is 128 Å². The Hall–Kier alpha value is -1.39. The van der Waals surface area contributed by atoms with E-state index in [0.717, 1.165) is 22.2 Å². The highest BCUT2D eigenvalue weighted by molar-refractivity contribution is 7.16. The van der Waals surface area contributed by atoms with Crippen molar-refractivity contribution in [2.75, 3.05) is 17.7 Å². The van der Waals surface area contributed by atoms with Crippen molar-refractivity contribution in [2.45, 2.75) is 26.3 Å². The SMILES string of the molecule is CCCOc1cccc(NC(C)c2ccc(Cl)s2)c1N. The molecule has 5 heteroatoms. The first kappa shape index (κ1) is 15.0. The largest absolute Gasteiger partial charge is 0.491 e. The number of nitrogen functional groups attached to an aromatic ring is 1. The second-order valence-corrected chi connectivity index (χ2v) is 6.32. The van der Waals surface area contributed by atoms with Gasteiger partial charge in [-0.15, -0.1) is 11.3 Å². The summed E-state index contributed by atoms with van der Waals surface area (Å²) < 4.78 is 6.43. The van der Waals surface area contributed by atoms with E-state index in [2.05, 4.69) is 19.2 Å². The van der Waals surface area contributed by atoms with Crippen LogP contribution in [-0.2, 0) is 0 Å². The van der Waals surface area contributed by atoms with E-state index in [1.165, 1.54) is 4.88 Å². The lowest BCUT2D eigenvalue weighted by atomic mass is 10.2. The fraction of sp³-hybridized carbons (Fsp3) is 0.333. The average Bonchev–Trinajstić information content (AvgIpc) is 2.86. The van der Waals surface area contributed by atoms with Crippen LogP contribution in [-0.4, -0.2) is 6.61 Å². The quantitative estimate of drug-likeness (QED) is 0.742. The molecule has 20 heavy (non-hydrogen) atoms. The van der Waals surface area contributed by atoms with Gasteiger partial charge < -0.3 is 15.8 Å². The van der Waals surface area contributed by atoms with E-state index >= 15 is 0 Å². The lowest BCUT2D eigenvalue weighted by molar-refractivity contribution is 0.319. The molecule has 1 aromatic heterocycles. The summed E-state index contributed by atoms with van der Waals surface area (Å²) in [5, 5.41) is 3.40. The van der Waals surface area contributed by atoms with Crippen LogP contribution >= 0.6 is 22.9 Å². The van der Waals surface area contributed by atoms with Gasteiger partial charge in [-0.2, -0.15) is 0 Å². The van der Waals surface area contributed by atoms with Crippen molar-refractivity contribution in [1.29, 1.82) is 0 Å². The Morgan fingerprint density at radius 2 is 2.15 bits per heavy atom. The summed E-state index contributed by atoms with van der Waals surface area (Å²) >= 11 is 7.54. The molecule has 0 spiro atoms. The third-order valence-electron chi connectivity index (χ3n) is 2.92. The van der Waals surface area contributed by atoms with Crippen molar-refractivity contribution in [3.8, 4) is 5.75 Å². The van der Waals surface area contributed by atoms with Gasteiger partial charge in [0.25, 0.3) is 0 Å². The number of anilines is 2. The molecule has 108 valence electrons. The first-order valence-electron chi connectivity index (χ1n) is 6.65. The molecule has 3 N–H and O–H groups in total. The number of para-hydroxylation sites is 1. The third kappa shape index (κ3) is 3.58. The van der Waals surface area contributed by atoms with Gasteiger partial charge in [0.15, 0.2) is 0 Å². The molecule has 3 nitrogen and oxygen atoms in total. The minimum atomic E-state index is 0.149. The summed E-state index contributed by atoms with van der Waals surface area (Å²) in [7, 11) is 0. The molecule has 1 aromatic carbocycles. The molecule has 0 aliphatic heterocycles. The van der Waals surface area contributed by atoms with E-state index in [-0.39, 0.29) is 6.04 Å². The maximum atomic E-state index is 6.15. The average molecular weight is 311 g/mol. The van der Waals surface area contributed by atoms with Crippen LogP contribution in [0.25, 0.3) is 0 Å². The van der Waals surface area contributed by atoms with Gasteiger partial charge in [-0.05, 0) is 37.6 Å². The van der Waals surface area contributed by atoms with Crippen molar-refractivity contribution >= 4 is 34.3 Å². The minimum Gasteiger partial charge on any atom is -0.491 e. The zero-order chi connectivity index (χ0) is 14.5. The Kier molecular flexibility index (Phi) is 5.15. The Bertz CT molecular complexity index is 571. The predicted molar refractivity (Wildman–Crippen MR) is 88.0 cm³/mol. The molecule has 1 heterocycles. The molecule has 2 aromatic rings. The van der Waals surface area contributed by atoms with E-state index < -0.39 is 0 Å². The van der Waals surface area contributed by atoms with Crippen molar-refractivity contribution < 1.29 is 4.74 Å². The molecule has 1 unspecified atom stereocenters. The molecule has 0 aliphatic carbocycles. The number of hydrogen-bond donors (Lipinski definition) is 2. The molecule has 0 saturated heterocycles. The highest BCUT2D eigenvalue weighted by Crippen LogP contribution is 2.34. The summed E-state index contributed by atoms with van der Waals surface area (Å²) in [5.74, 6) is 0.730. The zero-order valence-corrected chi connectivity index (χ0v) is 13.2. The molecule has 1 atom stereocenters. The third-order valence-corrected chi connectivity index (χ3v) is 4.33. The summed E-state index contributed by atoms with van der Waals surface area (Å²) in [6.45, 7) is 4.83. The topological polar surface area (TPSA) is 47.3 Å². The van der Waals surface area contributed by atoms with Gasteiger partial charge in [0, 0.05) is 4.88 Å². The first-order valence-corrected chi connectivity index (χ1v) is 7.84. The number of thiophene rings is 1. The van der Waals surface area contributed by atoms with E-state index in [4.69, 9.17) is 22.1 Å². The zero-order valence-electron chi connectivity index (χ0n) is 11.7. The second-order valence-electron chi connectivity index (χ2n) is 4.57. The van der Waals surface area contributed by atoms with Crippen molar-refractivity contribution in [2.24, 2.45) is 0 Å². The van der Waals surface area contributed by atoms with Crippen LogP contribution < -0.4 is 15.8 Å². The molecule has 0 aliphatic rings. The minimum absolute atomic E-state index is 0.149. The first-order chi connectivity index (χ1) is 9.61. The van der Waals surface area contributed by atoms with Gasteiger partial charge >= 0.3 is 0 Å². The number of ether oxygens (including phenoxy) is 1. The van der Waals surface area contributed by atoms with Crippen LogP contribution in [0.15, 0.2) is 30.3 Å². The number of hydrogen-bond acceptors (Lipinski definition) is 4. The fourth-order valence-electron chi connectivity index (χ4n) is 1.87. The van der Waals surface area contributed by atoms with Crippen molar-refractivity contribution in [3.05, 3.63) is 39.5 Å². The monoisotopic (exact) mass is 310 g/mol. The Balaban J connectivity index is 2.12. The lowest BCUT2D eigenvalue weighted by Crippen LogP contribution is -2.08. The Morgan fingerprint density at radius 1 is 1.35 bits per heavy atom. The summed E-state index contributed by atoms with van der Waals surface area (Å²) in [6.07, 6.45) is 0.960. The Morgan fingerprint density at radius 3 is 2.80 bits per heavy atom. The van der Waals surface area contributed by atoms with E-state index in [1.807, 2.05) is 30.3 Å². The molecule has 0 bridgehead atoms. The standard InChI is InChI=1S/C15H19ClN2OS/c1-3-9-19-12-6-4-5-11(15(12)17)18-10(2)13-7-8-14(16)20-13/h4-8,10,18H,3,9,17H2,1-2H3. The van der Waals surface area contributed by atoms with E-state index in [1.54, 1.807) is 11.3 Å². The highest BCUT2D eigenvalue weighted by atomic mass is 35.5. The van der Waals surface area contributed by atoms with Gasteiger partial charge in [-0.3, -0.25) is 0 Å². The lowest BCUT2D eigenvalue weighted by Gasteiger charge is -2.17.